The number of thiophene rings is 1. The van der Waals surface area contributed by atoms with E-state index in [1.54, 1.807) is 11.4 Å². The zero-order valence-electron chi connectivity index (χ0n) is 11.6. The number of anilines is 1. The maximum absolute atomic E-state index is 13.6. The highest BCUT2D eigenvalue weighted by atomic mass is 32.2. The van der Waals surface area contributed by atoms with Gasteiger partial charge in [-0.2, -0.15) is 0 Å². The highest BCUT2D eigenvalue weighted by Crippen LogP contribution is 2.27. The van der Waals surface area contributed by atoms with Crippen LogP contribution >= 0.6 is 11.3 Å². The van der Waals surface area contributed by atoms with Crippen LogP contribution in [0.2, 0.25) is 0 Å². The van der Waals surface area contributed by atoms with Gasteiger partial charge in [-0.25, -0.2) is 40.3 Å². The molecule has 6 nitrogen and oxygen atoms in total. The molecule has 0 aliphatic carbocycles. The summed E-state index contributed by atoms with van der Waals surface area (Å²) in [4.78, 5) is 7.15. The smallest absolute Gasteiger partial charge is 0.263 e. The Morgan fingerprint density at radius 3 is 2.16 bits per heavy atom. The Labute approximate surface area is 140 Å². The van der Waals surface area contributed by atoms with E-state index in [-0.39, 0.29) is 5.82 Å². The molecule has 0 spiro atoms. The van der Waals surface area contributed by atoms with E-state index >= 15 is 0 Å². The first-order chi connectivity index (χ1) is 11.7. The van der Waals surface area contributed by atoms with Crippen molar-refractivity contribution >= 4 is 37.4 Å². The molecule has 132 valence electrons. The second-order valence-corrected chi connectivity index (χ2v) is 7.02. The molecule has 0 radical (unpaired) electrons. The van der Waals surface area contributed by atoms with Gasteiger partial charge in [-0.1, -0.05) is 0 Å². The number of aromatic nitrogens is 2. The molecule has 0 unspecified atom stereocenters. The molecule has 0 aliphatic rings. The van der Waals surface area contributed by atoms with Crippen LogP contribution in [0.3, 0.4) is 0 Å². The summed E-state index contributed by atoms with van der Waals surface area (Å²) in [5, 5.41) is 1.63. The van der Waals surface area contributed by atoms with Gasteiger partial charge in [-0.3, -0.25) is 5.43 Å². The molecular formula is C12H5F5N4O2S2. The molecule has 0 amide bonds. The number of hydrazine groups is 1. The van der Waals surface area contributed by atoms with Crippen molar-refractivity contribution in [3.8, 4) is 0 Å². The Kier molecular flexibility index (Phi) is 4.30. The number of sulfonamides is 1. The van der Waals surface area contributed by atoms with E-state index in [1.165, 1.54) is 4.83 Å². The normalized spacial score (nSPS) is 11.9. The molecule has 0 atom stereocenters. The third kappa shape index (κ3) is 2.89. The number of nitrogens with zero attached hydrogens (tertiary/aromatic N) is 2. The quantitative estimate of drug-likeness (QED) is 0.307. The average Bonchev–Trinajstić information content (AvgIpc) is 3.05. The average molecular weight is 396 g/mol. The maximum atomic E-state index is 13.6. The molecule has 2 heterocycles. The maximum Gasteiger partial charge on any atom is 0.263 e. The summed E-state index contributed by atoms with van der Waals surface area (Å²) < 4.78 is 91.0. The summed E-state index contributed by atoms with van der Waals surface area (Å²) in [5.74, 6) is -12.2. The van der Waals surface area contributed by atoms with Crippen molar-refractivity contribution in [2.45, 2.75) is 4.90 Å². The van der Waals surface area contributed by atoms with Crippen LogP contribution in [0.4, 0.5) is 27.8 Å². The van der Waals surface area contributed by atoms with Gasteiger partial charge in [0.15, 0.2) is 34.0 Å². The topological polar surface area (TPSA) is 84.0 Å². The molecule has 3 aromatic rings. The van der Waals surface area contributed by atoms with Gasteiger partial charge in [-0.05, 0) is 11.4 Å². The zero-order chi connectivity index (χ0) is 18.4. The van der Waals surface area contributed by atoms with Crippen LogP contribution in [0.1, 0.15) is 0 Å². The molecular weight excluding hydrogens is 391 g/mol. The fraction of sp³-hybridized carbons (Fsp3) is 0. The highest BCUT2D eigenvalue weighted by molar-refractivity contribution is 7.89. The number of hydrogen-bond acceptors (Lipinski definition) is 6. The molecule has 0 bridgehead atoms. The summed E-state index contributed by atoms with van der Waals surface area (Å²) in [6.07, 6.45) is 1.09. The van der Waals surface area contributed by atoms with Crippen molar-refractivity contribution in [3.05, 3.63) is 46.9 Å². The van der Waals surface area contributed by atoms with Crippen molar-refractivity contribution in [2.24, 2.45) is 0 Å². The second-order valence-electron chi connectivity index (χ2n) is 4.49. The van der Waals surface area contributed by atoms with Crippen LogP contribution < -0.4 is 10.3 Å². The van der Waals surface area contributed by atoms with Crippen LogP contribution in [0.25, 0.3) is 10.2 Å². The predicted molar refractivity (Wildman–Crippen MR) is 77.6 cm³/mol. The summed E-state index contributed by atoms with van der Waals surface area (Å²) in [6.45, 7) is 0. The summed E-state index contributed by atoms with van der Waals surface area (Å²) in [6, 6.07) is 1.60. The summed E-state index contributed by atoms with van der Waals surface area (Å²) in [5.41, 5.74) is 2.53. The van der Waals surface area contributed by atoms with Crippen LogP contribution in [-0.4, -0.2) is 18.4 Å². The van der Waals surface area contributed by atoms with Gasteiger partial charge in [0.25, 0.3) is 10.0 Å². The Balaban J connectivity index is 2.00. The molecule has 0 fully saturated rings. The minimum Gasteiger partial charge on any atom is -0.291 e. The Morgan fingerprint density at radius 1 is 0.920 bits per heavy atom. The molecule has 3 rings (SSSR count). The molecule has 0 saturated heterocycles. The van der Waals surface area contributed by atoms with E-state index in [1.807, 2.05) is 0 Å². The third-order valence-electron chi connectivity index (χ3n) is 2.99. The van der Waals surface area contributed by atoms with Crippen LogP contribution in [-0.2, 0) is 10.0 Å². The van der Waals surface area contributed by atoms with E-state index in [4.69, 9.17) is 0 Å². The Hall–Kier alpha value is -2.38. The van der Waals surface area contributed by atoms with Crippen molar-refractivity contribution < 1.29 is 30.4 Å². The van der Waals surface area contributed by atoms with Gasteiger partial charge in [0, 0.05) is 0 Å². The SMILES string of the molecule is O=S(=O)(NNc1ncnc2ccsc12)c1c(F)c(F)c(F)c(F)c1F. The molecule has 0 saturated carbocycles. The van der Waals surface area contributed by atoms with Crippen LogP contribution in [0.5, 0.6) is 0 Å². The largest absolute Gasteiger partial charge is 0.291 e. The zero-order valence-corrected chi connectivity index (χ0v) is 13.3. The fourth-order valence-corrected chi connectivity index (χ4v) is 3.64. The molecule has 2 N–H and O–H groups in total. The molecule has 2 aromatic heterocycles. The van der Waals surface area contributed by atoms with Crippen molar-refractivity contribution in [3.63, 3.8) is 0 Å². The van der Waals surface area contributed by atoms with E-state index < -0.39 is 44.0 Å². The standard InChI is InChI=1S/C12H5F5N4O2S2/c13-5-6(14)8(16)11(9(17)7(5)15)25(22,23)21-20-12-10-4(1-2-24-10)18-3-19-12/h1-3,21H,(H,18,19,20). The van der Waals surface area contributed by atoms with Gasteiger partial charge in [-0.15, -0.1) is 16.2 Å². The minimum absolute atomic E-state index is 0.0625. The van der Waals surface area contributed by atoms with Crippen molar-refractivity contribution in [2.75, 3.05) is 5.43 Å². The van der Waals surface area contributed by atoms with Crippen molar-refractivity contribution in [1.29, 1.82) is 0 Å². The highest BCUT2D eigenvalue weighted by Gasteiger charge is 2.33. The minimum atomic E-state index is -5.15. The first-order valence-corrected chi connectivity index (χ1v) is 8.57. The Morgan fingerprint density at radius 2 is 1.52 bits per heavy atom. The van der Waals surface area contributed by atoms with E-state index in [2.05, 4.69) is 15.4 Å². The number of nitrogens with one attached hydrogen (secondary N) is 2. The number of benzene rings is 1. The van der Waals surface area contributed by atoms with E-state index in [0.717, 1.165) is 17.7 Å². The first-order valence-electron chi connectivity index (χ1n) is 6.21. The van der Waals surface area contributed by atoms with Crippen LogP contribution in [0, 0.1) is 29.1 Å². The van der Waals surface area contributed by atoms with Gasteiger partial charge < -0.3 is 0 Å². The monoisotopic (exact) mass is 396 g/mol. The van der Waals surface area contributed by atoms with E-state index in [0.29, 0.717) is 10.2 Å². The van der Waals surface area contributed by atoms with Crippen molar-refractivity contribution in [1.82, 2.24) is 14.8 Å². The molecule has 1 aromatic carbocycles. The molecule has 25 heavy (non-hydrogen) atoms. The molecule has 0 aliphatic heterocycles. The predicted octanol–water partition coefficient (Wildman–Crippen LogP) is 2.69. The molecule has 13 heteroatoms. The number of fused-ring (bicyclic) bond motifs is 1. The van der Waals surface area contributed by atoms with Gasteiger partial charge in [0.1, 0.15) is 6.33 Å². The lowest BCUT2D eigenvalue weighted by Crippen LogP contribution is -2.32. The summed E-state index contributed by atoms with van der Waals surface area (Å²) >= 11 is 1.13. The van der Waals surface area contributed by atoms with Gasteiger partial charge in [0.05, 0.1) is 10.2 Å². The lowest BCUT2D eigenvalue weighted by Gasteiger charge is -2.11. The third-order valence-corrected chi connectivity index (χ3v) is 5.16. The van der Waals surface area contributed by atoms with Gasteiger partial charge in [0.2, 0.25) is 5.82 Å². The number of rotatable bonds is 4. The second kappa shape index (κ2) is 6.16. The number of halogens is 5. The summed E-state index contributed by atoms with van der Waals surface area (Å²) in [7, 11) is -5.15. The first kappa shape index (κ1) is 17.4. The van der Waals surface area contributed by atoms with Gasteiger partial charge >= 0.3 is 0 Å². The van der Waals surface area contributed by atoms with Crippen LogP contribution in [0.15, 0.2) is 22.7 Å². The lowest BCUT2D eigenvalue weighted by molar-refractivity contribution is 0.357. The Bertz CT molecular complexity index is 1060. The lowest BCUT2D eigenvalue weighted by atomic mass is 10.3. The van der Waals surface area contributed by atoms with E-state index in [9.17, 15) is 30.4 Å². The fourth-order valence-electron chi connectivity index (χ4n) is 1.87. The number of hydrogen-bond donors (Lipinski definition) is 2.